The number of nitrogens with zero attached hydrogens (tertiary/aromatic N) is 5. The van der Waals surface area contributed by atoms with Gasteiger partial charge in [0.15, 0.2) is 10.9 Å². The van der Waals surface area contributed by atoms with Crippen molar-refractivity contribution in [2.24, 2.45) is 7.05 Å². The summed E-state index contributed by atoms with van der Waals surface area (Å²) < 4.78 is 1.98. The number of nitrogens with one attached hydrogen (secondary N) is 1. The molecule has 1 N–H and O–H groups in total. The zero-order chi connectivity index (χ0) is 14.3. The van der Waals surface area contributed by atoms with Gasteiger partial charge in [0.25, 0.3) is 0 Å². The number of pyridine rings is 1. The highest BCUT2D eigenvalue weighted by Crippen LogP contribution is 2.33. The predicted molar refractivity (Wildman–Crippen MR) is 84.7 cm³/mol. The molecule has 104 valence electrons. The first-order valence-corrected chi connectivity index (χ1v) is 7.08. The molecule has 0 atom stereocenters. The second-order valence-electron chi connectivity index (χ2n) is 4.58. The molecule has 0 radical (unpaired) electrons. The van der Waals surface area contributed by atoms with Crippen molar-refractivity contribution in [1.29, 1.82) is 0 Å². The van der Waals surface area contributed by atoms with E-state index in [0.29, 0.717) is 0 Å². The van der Waals surface area contributed by atoms with Crippen molar-refractivity contribution in [2.45, 2.75) is 0 Å². The van der Waals surface area contributed by atoms with Gasteiger partial charge in [-0.3, -0.25) is 0 Å². The average molecular weight is 288 g/mol. The second-order valence-corrected chi connectivity index (χ2v) is 5.54. The van der Waals surface area contributed by atoms with Crippen LogP contribution in [0.4, 0.5) is 10.9 Å². The third-order valence-corrected chi connectivity index (χ3v) is 4.23. The number of anilines is 2. The highest BCUT2D eigenvalue weighted by Gasteiger charge is 2.17. The summed E-state index contributed by atoms with van der Waals surface area (Å²) in [5.41, 5.74) is 2.76. The van der Waals surface area contributed by atoms with Crippen LogP contribution in [0.2, 0.25) is 0 Å². The molecule has 7 heteroatoms. The number of likely N-dealkylation sites (N-methyl/N-ethyl adjacent to an activating group) is 1. The minimum Gasteiger partial charge on any atom is -0.371 e. The Kier molecular flexibility index (Phi) is 3.06. The Morgan fingerprint density at radius 2 is 2.25 bits per heavy atom. The first-order chi connectivity index (χ1) is 9.65. The van der Waals surface area contributed by atoms with Gasteiger partial charge in [-0.25, -0.2) is 15.0 Å². The first-order valence-electron chi connectivity index (χ1n) is 6.27. The van der Waals surface area contributed by atoms with E-state index < -0.39 is 0 Å². The Labute approximate surface area is 120 Å². The molecule has 0 saturated carbocycles. The second kappa shape index (κ2) is 4.75. The average Bonchev–Trinajstić information content (AvgIpc) is 3.01. The molecular formula is C13H16N6S. The Bertz CT molecular complexity index is 787. The van der Waals surface area contributed by atoms with Crippen molar-refractivity contribution < 1.29 is 0 Å². The molecule has 3 aromatic rings. The summed E-state index contributed by atoms with van der Waals surface area (Å²) in [7, 11) is 5.83. The fraction of sp³-hybridized carbons (Fsp3) is 0.308. The molecule has 20 heavy (non-hydrogen) atoms. The lowest BCUT2D eigenvalue weighted by atomic mass is 10.3. The Morgan fingerprint density at radius 3 is 2.95 bits per heavy atom. The smallest absolute Gasteiger partial charge is 0.188 e. The van der Waals surface area contributed by atoms with E-state index in [1.165, 1.54) is 0 Å². The summed E-state index contributed by atoms with van der Waals surface area (Å²) in [5, 5.41) is 4.03. The van der Waals surface area contributed by atoms with Crippen molar-refractivity contribution in [2.75, 3.05) is 30.9 Å². The van der Waals surface area contributed by atoms with Crippen LogP contribution in [0.15, 0.2) is 19.0 Å². The van der Waals surface area contributed by atoms with Gasteiger partial charge in [0.1, 0.15) is 21.4 Å². The minimum atomic E-state index is 0.757. The van der Waals surface area contributed by atoms with Gasteiger partial charge in [0.05, 0.1) is 6.33 Å². The van der Waals surface area contributed by atoms with E-state index in [-0.39, 0.29) is 0 Å². The topological polar surface area (TPSA) is 58.9 Å². The molecule has 0 spiro atoms. The third kappa shape index (κ3) is 1.82. The number of rotatable bonds is 4. The minimum absolute atomic E-state index is 0.757. The van der Waals surface area contributed by atoms with Gasteiger partial charge in [-0.2, -0.15) is 0 Å². The van der Waals surface area contributed by atoms with E-state index in [1.807, 2.05) is 31.8 Å². The molecule has 0 unspecified atom stereocenters. The number of fused-ring (bicyclic) bond motifs is 3. The maximum atomic E-state index is 4.71. The lowest BCUT2D eigenvalue weighted by Gasteiger charge is -2.11. The molecule has 0 aliphatic heterocycles. The van der Waals surface area contributed by atoms with E-state index >= 15 is 0 Å². The predicted octanol–water partition coefficient (Wildman–Crippen LogP) is 2.24. The molecule has 3 rings (SSSR count). The molecule has 0 aliphatic rings. The molecule has 3 aromatic heterocycles. The van der Waals surface area contributed by atoms with Crippen LogP contribution >= 0.6 is 11.3 Å². The molecule has 0 aliphatic carbocycles. The quantitative estimate of drug-likeness (QED) is 0.746. The number of hydrogen-bond donors (Lipinski definition) is 1. The van der Waals surface area contributed by atoms with Crippen LogP contribution in [0.3, 0.4) is 0 Å². The van der Waals surface area contributed by atoms with Crippen molar-refractivity contribution in [3.05, 3.63) is 19.0 Å². The number of hydrogen-bond acceptors (Lipinski definition) is 6. The maximum Gasteiger partial charge on any atom is 0.188 e. The standard InChI is InChI=1S/C13H16N6S/c1-5-6-18(3)13-16-9-10-8(15-7-19(10)4)11(14-2)17-12(9)20-13/h5,7H,1,6H2,2-4H3,(H,14,17). The Balaban J connectivity index is 2.30. The molecule has 0 fully saturated rings. The summed E-state index contributed by atoms with van der Waals surface area (Å²) in [6, 6.07) is 0. The van der Waals surface area contributed by atoms with Crippen molar-refractivity contribution in [3.63, 3.8) is 0 Å². The van der Waals surface area contributed by atoms with Gasteiger partial charge in [-0.05, 0) is 0 Å². The summed E-state index contributed by atoms with van der Waals surface area (Å²) >= 11 is 1.58. The zero-order valence-electron chi connectivity index (χ0n) is 11.7. The molecule has 0 amide bonds. The van der Waals surface area contributed by atoms with Crippen LogP contribution in [0.1, 0.15) is 0 Å². The first kappa shape index (κ1) is 12.9. The van der Waals surface area contributed by atoms with Gasteiger partial charge in [-0.1, -0.05) is 17.4 Å². The van der Waals surface area contributed by atoms with Crippen molar-refractivity contribution in [3.8, 4) is 0 Å². The third-order valence-electron chi connectivity index (χ3n) is 3.16. The van der Waals surface area contributed by atoms with Crippen molar-refractivity contribution in [1.82, 2.24) is 19.5 Å². The fourth-order valence-corrected chi connectivity index (χ4v) is 3.09. The van der Waals surface area contributed by atoms with Crippen LogP contribution in [0.25, 0.3) is 21.4 Å². The van der Waals surface area contributed by atoms with Crippen LogP contribution in [0, 0.1) is 0 Å². The van der Waals surface area contributed by atoms with Gasteiger partial charge in [0.2, 0.25) is 0 Å². The molecule has 6 nitrogen and oxygen atoms in total. The highest BCUT2D eigenvalue weighted by molar-refractivity contribution is 7.22. The molecule has 0 aromatic carbocycles. The molecule has 0 saturated heterocycles. The zero-order valence-corrected chi connectivity index (χ0v) is 12.5. The number of imidazole rings is 1. The van der Waals surface area contributed by atoms with E-state index in [0.717, 1.165) is 38.9 Å². The lowest BCUT2D eigenvalue weighted by Crippen LogP contribution is -2.15. The molecular weight excluding hydrogens is 272 g/mol. The van der Waals surface area contributed by atoms with E-state index in [4.69, 9.17) is 4.98 Å². The van der Waals surface area contributed by atoms with Gasteiger partial charge >= 0.3 is 0 Å². The fourth-order valence-electron chi connectivity index (χ4n) is 2.18. The van der Waals surface area contributed by atoms with Crippen molar-refractivity contribution >= 4 is 43.7 Å². The van der Waals surface area contributed by atoms with Crippen LogP contribution in [0.5, 0.6) is 0 Å². The summed E-state index contributed by atoms with van der Waals surface area (Å²) in [5.74, 6) is 0.787. The van der Waals surface area contributed by atoms with Crippen LogP contribution in [-0.2, 0) is 7.05 Å². The van der Waals surface area contributed by atoms with E-state index in [9.17, 15) is 0 Å². The Hall–Kier alpha value is -2.15. The number of thiazole rings is 1. The normalized spacial score (nSPS) is 11.2. The summed E-state index contributed by atoms with van der Waals surface area (Å²) in [4.78, 5) is 16.7. The lowest BCUT2D eigenvalue weighted by molar-refractivity contribution is 0.949. The summed E-state index contributed by atoms with van der Waals surface area (Å²) in [6.07, 6.45) is 3.65. The SMILES string of the molecule is C=CCN(C)c1nc2c(nc(NC)c3ncn(C)c32)s1. The highest BCUT2D eigenvalue weighted by atomic mass is 32.1. The van der Waals surface area contributed by atoms with E-state index in [2.05, 4.69) is 26.8 Å². The Morgan fingerprint density at radius 1 is 1.45 bits per heavy atom. The van der Waals surface area contributed by atoms with Gasteiger partial charge in [-0.15, -0.1) is 6.58 Å². The molecule has 0 bridgehead atoms. The number of aromatic nitrogens is 4. The van der Waals surface area contributed by atoms with E-state index in [1.54, 1.807) is 17.7 Å². The molecule has 3 heterocycles. The maximum absolute atomic E-state index is 4.71. The monoisotopic (exact) mass is 288 g/mol. The van der Waals surface area contributed by atoms with Crippen LogP contribution in [-0.4, -0.2) is 40.2 Å². The van der Waals surface area contributed by atoms with Crippen LogP contribution < -0.4 is 10.2 Å². The van der Waals surface area contributed by atoms with Gasteiger partial charge < -0.3 is 14.8 Å². The van der Waals surface area contributed by atoms with Gasteiger partial charge in [0, 0.05) is 27.7 Å². The summed E-state index contributed by atoms with van der Waals surface area (Å²) in [6.45, 7) is 4.52. The number of aryl methyl sites for hydroxylation is 1. The largest absolute Gasteiger partial charge is 0.371 e.